The van der Waals surface area contributed by atoms with Crippen molar-refractivity contribution in [3.8, 4) is 0 Å². The van der Waals surface area contributed by atoms with Gasteiger partial charge in [0.1, 0.15) is 6.54 Å². The molecule has 6 heteroatoms. The Labute approximate surface area is 140 Å². The van der Waals surface area contributed by atoms with Gasteiger partial charge in [-0.05, 0) is 30.3 Å². The van der Waals surface area contributed by atoms with E-state index in [2.05, 4.69) is 15.7 Å². The molecule has 1 aliphatic heterocycles. The SMILES string of the molecule is COC(=O)c1ccc(C[NH+]2CCN(c3cccc(Cl)c3)CC2)o1. The molecule has 2 aromatic rings. The van der Waals surface area contributed by atoms with Gasteiger partial charge in [-0.3, -0.25) is 0 Å². The molecule has 0 atom stereocenters. The summed E-state index contributed by atoms with van der Waals surface area (Å²) in [5.74, 6) is 0.646. The molecule has 0 amide bonds. The molecule has 0 aliphatic carbocycles. The number of esters is 1. The van der Waals surface area contributed by atoms with Crippen LogP contribution in [0.25, 0.3) is 0 Å². The first-order valence-electron chi connectivity index (χ1n) is 7.67. The maximum atomic E-state index is 11.4. The molecule has 0 unspecified atom stereocenters. The highest BCUT2D eigenvalue weighted by Crippen LogP contribution is 2.19. The average molecular weight is 336 g/mol. The largest absolute Gasteiger partial charge is 0.463 e. The number of benzene rings is 1. The van der Waals surface area contributed by atoms with Crippen molar-refractivity contribution in [1.82, 2.24) is 0 Å². The van der Waals surface area contributed by atoms with Crippen LogP contribution >= 0.6 is 11.6 Å². The van der Waals surface area contributed by atoms with E-state index in [9.17, 15) is 4.79 Å². The van der Waals surface area contributed by atoms with Crippen LogP contribution in [0.5, 0.6) is 0 Å². The van der Waals surface area contributed by atoms with Crippen LogP contribution in [-0.4, -0.2) is 39.3 Å². The molecule has 0 spiro atoms. The van der Waals surface area contributed by atoms with Crippen LogP contribution in [0.1, 0.15) is 16.3 Å². The molecule has 1 N–H and O–H groups in total. The van der Waals surface area contributed by atoms with E-state index in [-0.39, 0.29) is 5.76 Å². The van der Waals surface area contributed by atoms with Gasteiger partial charge < -0.3 is 19.0 Å². The monoisotopic (exact) mass is 335 g/mol. The van der Waals surface area contributed by atoms with Crippen LogP contribution in [0.3, 0.4) is 0 Å². The first kappa shape index (κ1) is 15.9. The van der Waals surface area contributed by atoms with Gasteiger partial charge in [-0.15, -0.1) is 0 Å². The molecule has 0 radical (unpaired) electrons. The number of halogens is 1. The Morgan fingerprint density at radius 2 is 2.09 bits per heavy atom. The first-order valence-corrected chi connectivity index (χ1v) is 8.04. The van der Waals surface area contributed by atoms with Crippen molar-refractivity contribution >= 4 is 23.3 Å². The molecular formula is C17H20ClN2O3+. The molecule has 122 valence electrons. The fourth-order valence-corrected chi connectivity index (χ4v) is 3.04. The molecule has 23 heavy (non-hydrogen) atoms. The first-order chi connectivity index (χ1) is 11.2. The number of quaternary nitrogens is 1. The van der Waals surface area contributed by atoms with Crippen molar-refractivity contribution in [1.29, 1.82) is 0 Å². The zero-order valence-corrected chi connectivity index (χ0v) is 13.8. The number of hydrogen-bond donors (Lipinski definition) is 1. The van der Waals surface area contributed by atoms with Crippen LogP contribution in [0, 0.1) is 0 Å². The second-order valence-corrected chi connectivity index (χ2v) is 6.09. The maximum absolute atomic E-state index is 11.4. The summed E-state index contributed by atoms with van der Waals surface area (Å²) in [6.45, 7) is 4.75. The van der Waals surface area contributed by atoms with Crippen molar-refractivity contribution in [3.63, 3.8) is 0 Å². The number of carbonyl (C=O) groups is 1. The van der Waals surface area contributed by atoms with E-state index in [0.29, 0.717) is 0 Å². The van der Waals surface area contributed by atoms with Crippen molar-refractivity contribution < 1.29 is 18.8 Å². The highest BCUT2D eigenvalue weighted by atomic mass is 35.5. The lowest BCUT2D eigenvalue weighted by Gasteiger charge is -2.33. The summed E-state index contributed by atoms with van der Waals surface area (Å²) in [5.41, 5.74) is 1.17. The number of carbonyl (C=O) groups excluding carboxylic acids is 1. The van der Waals surface area contributed by atoms with E-state index >= 15 is 0 Å². The van der Waals surface area contributed by atoms with E-state index in [4.69, 9.17) is 16.0 Å². The standard InChI is InChI=1S/C17H19ClN2O3/c1-22-17(21)16-6-5-15(23-16)12-19-7-9-20(10-8-19)14-4-2-3-13(18)11-14/h2-6,11H,7-10,12H2,1H3/p+1. The summed E-state index contributed by atoms with van der Waals surface area (Å²) in [7, 11) is 1.35. The number of piperazine rings is 1. The van der Waals surface area contributed by atoms with Crippen molar-refractivity contribution in [2.75, 3.05) is 38.2 Å². The van der Waals surface area contributed by atoms with Gasteiger partial charge in [0.05, 0.1) is 33.3 Å². The third kappa shape index (κ3) is 3.86. The van der Waals surface area contributed by atoms with Gasteiger partial charge in [0, 0.05) is 10.7 Å². The topological polar surface area (TPSA) is 47.1 Å². The number of anilines is 1. The van der Waals surface area contributed by atoms with Crippen molar-refractivity contribution in [2.24, 2.45) is 0 Å². The number of nitrogens with zero attached hydrogens (tertiary/aromatic N) is 1. The smallest absolute Gasteiger partial charge is 0.373 e. The second-order valence-electron chi connectivity index (χ2n) is 5.65. The molecule has 1 aromatic heterocycles. The molecule has 0 bridgehead atoms. The van der Waals surface area contributed by atoms with Crippen LogP contribution in [0.4, 0.5) is 5.69 Å². The fourth-order valence-electron chi connectivity index (χ4n) is 2.86. The van der Waals surface area contributed by atoms with Gasteiger partial charge in [-0.25, -0.2) is 4.79 Å². The van der Waals surface area contributed by atoms with E-state index in [1.54, 1.807) is 6.07 Å². The van der Waals surface area contributed by atoms with Crippen molar-refractivity contribution in [2.45, 2.75) is 6.54 Å². The molecule has 3 rings (SSSR count). The minimum absolute atomic E-state index is 0.263. The third-order valence-electron chi connectivity index (χ3n) is 4.12. The normalized spacial score (nSPS) is 15.7. The number of methoxy groups -OCH3 is 1. The van der Waals surface area contributed by atoms with E-state index < -0.39 is 5.97 Å². The van der Waals surface area contributed by atoms with Gasteiger partial charge in [-0.1, -0.05) is 17.7 Å². The predicted octanol–water partition coefficient (Wildman–Crippen LogP) is 1.62. The highest BCUT2D eigenvalue weighted by molar-refractivity contribution is 6.30. The molecule has 5 nitrogen and oxygen atoms in total. The molecule has 1 fully saturated rings. The summed E-state index contributed by atoms with van der Waals surface area (Å²) < 4.78 is 10.2. The number of nitrogens with one attached hydrogen (secondary N) is 1. The summed E-state index contributed by atoms with van der Waals surface area (Å²) >= 11 is 6.06. The number of furan rings is 1. The zero-order chi connectivity index (χ0) is 16.2. The fraction of sp³-hybridized carbons (Fsp3) is 0.353. The summed E-state index contributed by atoms with van der Waals surface area (Å²) in [5, 5.41) is 0.767. The lowest BCUT2D eigenvalue weighted by Crippen LogP contribution is -3.13. The van der Waals surface area contributed by atoms with Gasteiger partial charge >= 0.3 is 5.97 Å². The zero-order valence-electron chi connectivity index (χ0n) is 13.0. The Kier molecular flexibility index (Phi) is 4.88. The van der Waals surface area contributed by atoms with Gasteiger partial charge in [-0.2, -0.15) is 0 Å². The van der Waals surface area contributed by atoms with Gasteiger partial charge in [0.2, 0.25) is 5.76 Å². The summed E-state index contributed by atoms with van der Waals surface area (Å²) in [6, 6.07) is 11.5. The third-order valence-corrected chi connectivity index (χ3v) is 4.35. The van der Waals surface area contributed by atoms with E-state index in [1.165, 1.54) is 17.7 Å². The van der Waals surface area contributed by atoms with Crippen LogP contribution in [-0.2, 0) is 11.3 Å². The Morgan fingerprint density at radius 3 is 2.78 bits per heavy atom. The Bertz CT molecular complexity index is 678. The van der Waals surface area contributed by atoms with Gasteiger partial charge in [0.25, 0.3) is 0 Å². The number of hydrogen-bond acceptors (Lipinski definition) is 4. The Balaban J connectivity index is 1.55. The second kappa shape index (κ2) is 7.06. The highest BCUT2D eigenvalue weighted by Gasteiger charge is 2.22. The number of ether oxygens (including phenoxy) is 1. The average Bonchev–Trinajstić information content (AvgIpc) is 3.03. The van der Waals surface area contributed by atoms with Crippen LogP contribution in [0.2, 0.25) is 5.02 Å². The Hall–Kier alpha value is -1.98. The maximum Gasteiger partial charge on any atom is 0.373 e. The lowest BCUT2D eigenvalue weighted by molar-refractivity contribution is -0.915. The van der Waals surface area contributed by atoms with E-state index in [1.807, 2.05) is 24.3 Å². The summed E-state index contributed by atoms with van der Waals surface area (Å²) in [4.78, 5) is 15.2. The molecule has 1 saturated heterocycles. The summed E-state index contributed by atoms with van der Waals surface area (Å²) in [6.07, 6.45) is 0. The minimum Gasteiger partial charge on any atom is -0.463 e. The minimum atomic E-state index is -0.433. The number of rotatable bonds is 4. The molecule has 1 aromatic carbocycles. The molecule has 1 aliphatic rings. The van der Waals surface area contributed by atoms with E-state index in [0.717, 1.165) is 43.5 Å². The molecule has 0 saturated carbocycles. The predicted molar refractivity (Wildman–Crippen MR) is 88.1 cm³/mol. The van der Waals surface area contributed by atoms with Crippen LogP contribution < -0.4 is 9.80 Å². The van der Waals surface area contributed by atoms with Crippen molar-refractivity contribution in [3.05, 3.63) is 52.9 Å². The molecular weight excluding hydrogens is 316 g/mol. The van der Waals surface area contributed by atoms with Crippen LogP contribution in [0.15, 0.2) is 40.8 Å². The Morgan fingerprint density at radius 1 is 1.30 bits per heavy atom. The molecule has 2 heterocycles. The lowest BCUT2D eigenvalue weighted by atomic mass is 10.2. The van der Waals surface area contributed by atoms with Gasteiger partial charge in [0.15, 0.2) is 5.76 Å². The quantitative estimate of drug-likeness (QED) is 0.863.